The molecule has 0 saturated carbocycles. The van der Waals surface area contributed by atoms with Crippen molar-refractivity contribution in [1.82, 2.24) is 0 Å². The van der Waals surface area contributed by atoms with E-state index in [2.05, 4.69) is 10.6 Å². The van der Waals surface area contributed by atoms with Gasteiger partial charge < -0.3 is 16.4 Å². The summed E-state index contributed by atoms with van der Waals surface area (Å²) in [5, 5.41) is 5.88. The Kier molecular flexibility index (Phi) is 4.45. The van der Waals surface area contributed by atoms with Crippen LogP contribution in [0.1, 0.15) is 15.9 Å². The number of urea groups is 1. The summed E-state index contributed by atoms with van der Waals surface area (Å²) in [4.78, 5) is 23.3. The average Bonchev–Trinajstić information content (AvgIpc) is 2.42. The standard InChI is InChI=1S/C15H14ClN3O2/c1-9-8-10(16)6-7-12(9)18-15(21)19-13-5-3-2-4-11(13)14(17)20/h2-8H,1H3,(H2,17,20)(H2,18,19,21). The summed E-state index contributed by atoms with van der Waals surface area (Å²) < 4.78 is 0. The lowest BCUT2D eigenvalue weighted by Gasteiger charge is -2.11. The highest BCUT2D eigenvalue weighted by atomic mass is 35.5. The molecule has 108 valence electrons. The zero-order valence-electron chi connectivity index (χ0n) is 11.3. The van der Waals surface area contributed by atoms with Crippen LogP contribution in [0.2, 0.25) is 5.02 Å². The van der Waals surface area contributed by atoms with Crippen LogP contribution in [-0.4, -0.2) is 11.9 Å². The molecule has 0 heterocycles. The smallest absolute Gasteiger partial charge is 0.323 e. The monoisotopic (exact) mass is 303 g/mol. The number of carbonyl (C=O) groups is 2. The molecule has 0 spiro atoms. The van der Waals surface area contributed by atoms with Crippen LogP contribution >= 0.6 is 11.6 Å². The van der Waals surface area contributed by atoms with Gasteiger partial charge in [0.1, 0.15) is 0 Å². The highest BCUT2D eigenvalue weighted by Crippen LogP contribution is 2.20. The van der Waals surface area contributed by atoms with Crippen LogP contribution in [0.4, 0.5) is 16.2 Å². The third-order valence-corrected chi connectivity index (χ3v) is 3.11. The maximum atomic E-state index is 12.0. The second kappa shape index (κ2) is 6.28. The first-order chi connectivity index (χ1) is 9.97. The zero-order valence-corrected chi connectivity index (χ0v) is 12.1. The number of rotatable bonds is 3. The number of nitrogens with one attached hydrogen (secondary N) is 2. The van der Waals surface area contributed by atoms with E-state index >= 15 is 0 Å². The number of hydrogen-bond acceptors (Lipinski definition) is 2. The molecule has 6 heteroatoms. The number of hydrogen-bond donors (Lipinski definition) is 3. The Morgan fingerprint density at radius 1 is 1.05 bits per heavy atom. The maximum absolute atomic E-state index is 12.0. The lowest BCUT2D eigenvalue weighted by atomic mass is 10.1. The van der Waals surface area contributed by atoms with E-state index in [0.29, 0.717) is 16.4 Å². The van der Waals surface area contributed by atoms with E-state index in [4.69, 9.17) is 17.3 Å². The highest BCUT2D eigenvalue weighted by Gasteiger charge is 2.11. The molecule has 5 nitrogen and oxygen atoms in total. The van der Waals surface area contributed by atoms with Crippen LogP contribution < -0.4 is 16.4 Å². The van der Waals surface area contributed by atoms with Gasteiger partial charge in [0.25, 0.3) is 5.91 Å². The van der Waals surface area contributed by atoms with E-state index in [-0.39, 0.29) is 5.56 Å². The number of amides is 3. The number of benzene rings is 2. The van der Waals surface area contributed by atoms with Gasteiger partial charge in [-0.25, -0.2) is 4.79 Å². The molecule has 4 N–H and O–H groups in total. The average molecular weight is 304 g/mol. The van der Waals surface area contributed by atoms with Gasteiger partial charge in [0.05, 0.1) is 11.3 Å². The molecule has 0 aromatic heterocycles. The molecule has 0 bridgehead atoms. The van der Waals surface area contributed by atoms with Gasteiger partial charge in [-0.1, -0.05) is 23.7 Å². The molecule has 0 aliphatic carbocycles. The second-order valence-corrected chi connectivity index (χ2v) is 4.88. The van der Waals surface area contributed by atoms with E-state index < -0.39 is 11.9 Å². The molecule has 2 aromatic rings. The molecule has 0 radical (unpaired) electrons. The Morgan fingerprint density at radius 3 is 2.38 bits per heavy atom. The predicted molar refractivity (Wildman–Crippen MR) is 83.8 cm³/mol. The Balaban J connectivity index is 2.14. The maximum Gasteiger partial charge on any atom is 0.323 e. The van der Waals surface area contributed by atoms with Crippen molar-refractivity contribution >= 4 is 34.9 Å². The lowest BCUT2D eigenvalue weighted by molar-refractivity contribution is 0.100. The molecular weight excluding hydrogens is 290 g/mol. The predicted octanol–water partition coefficient (Wildman–Crippen LogP) is 3.39. The van der Waals surface area contributed by atoms with E-state index in [1.165, 1.54) is 0 Å². The molecule has 21 heavy (non-hydrogen) atoms. The van der Waals surface area contributed by atoms with Gasteiger partial charge in [-0.3, -0.25) is 4.79 Å². The number of anilines is 2. The molecular formula is C15H14ClN3O2. The van der Waals surface area contributed by atoms with Crippen molar-refractivity contribution in [2.45, 2.75) is 6.92 Å². The summed E-state index contributed by atoms with van der Waals surface area (Å²) in [6.45, 7) is 1.83. The number of carbonyl (C=O) groups excluding carboxylic acids is 2. The van der Waals surface area contributed by atoms with E-state index in [9.17, 15) is 9.59 Å². The zero-order chi connectivity index (χ0) is 15.4. The largest absolute Gasteiger partial charge is 0.366 e. The summed E-state index contributed by atoms with van der Waals surface area (Å²) in [5.41, 5.74) is 7.33. The topological polar surface area (TPSA) is 84.2 Å². The van der Waals surface area contributed by atoms with Crippen molar-refractivity contribution in [2.24, 2.45) is 5.73 Å². The third-order valence-electron chi connectivity index (χ3n) is 2.88. The Morgan fingerprint density at radius 2 is 1.71 bits per heavy atom. The number of primary amides is 1. The summed E-state index contributed by atoms with van der Waals surface area (Å²) in [6.07, 6.45) is 0. The number of halogens is 1. The fourth-order valence-electron chi connectivity index (χ4n) is 1.85. The number of para-hydroxylation sites is 1. The van der Waals surface area contributed by atoms with Gasteiger partial charge in [-0.15, -0.1) is 0 Å². The second-order valence-electron chi connectivity index (χ2n) is 4.45. The molecule has 0 fully saturated rings. The van der Waals surface area contributed by atoms with E-state index in [1.54, 1.807) is 42.5 Å². The van der Waals surface area contributed by atoms with Crippen LogP contribution in [0.25, 0.3) is 0 Å². The summed E-state index contributed by atoms with van der Waals surface area (Å²) in [6, 6.07) is 11.2. The Labute approximate surface area is 127 Å². The Hall–Kier alpha value is -2.53. The van der Waals surface area contributed by atoms with Crippen molar-refractivity contribution in [3.63, 3.8) is 0 Å². The molecule has 0 atom stereocenters. The van der Waals surface area contributed by atoms with E-state index in [1.807, 2.05) is 6.92 Å². The van der Waals surface area contributed by atoms with Gasteiger partial charge in [0, 0.05) is 10.7 Å². The quantitative estimate of drug-likeness (QED) is 0.812. The first-order valence-electron chi connectivity index (χ1n) is 6.20. The minimum atomic E-state index is -0.603. The highest BCUT2D eigenvalue weighted by molar-refractivity contribution is 6.30. The fourth-order valence-corrected chi connectivity index (χ4v) is 2.08. The molecule has 0 saturated heterocycles. The SMILES string of the molecule is Cc1cc(Cl)ccc1NC(=O)Nc1ccccc1C(N)=O. The molecule has 2 aromatic carbocycles. The van der Waals surface area contributed by atoms with Gasteiger partial charge in [0.2, 0.25) is 0 Å². The van der Waals surface area contributed by atoms with Crippen LogP contribution in [0.3, 0.4) is 0 Å². The number of nitrogens with two attached hydrogens (primary N) is 1. The van der Waals surface area contributed by atoms with Gasteiger partial charge in [0.15, 0.2) is 0 Å². The summed E-state index contributed by atoms with van der Waals surface area (Å²) in [7, 11) is 0. The van der Waals surface area contributed by atoms with Gasteiger partial charge in [-0.05, 0) is 42.8 Å². The molecule has 0 aliphatic heterocycles. The third kappa shape index (κ3) is 3.73. The molecule has 0 aliphatic rings. The molecule has 2 rings (SSSR count). The molecule has 0 unspecified atom stereocenters. The normalized spacial score (nSPS) is 10.0. The molecule has 3 amide bonds. The van der Waals surface area contributed by atoms with Crippen molar-refractivity contribution < 1.29 is 9.59 Å². The van der Waals surface area contributed by atoms with Crippen molar-refractivity contribution in [1.29, 1.82) is 0 Å². The van der Waals surface area contributed by atoms with Crippen LogP contribution in [-0.2, 0) is 0 Å². The Bertz CT molecular complexity index is 701. The van der Waals surface area contributed by atoms with Gasteiger partial charge in [-0.2, -0.15) is 0 Å². The minimum absolute atomic E-state index is 0.250. The first-order valence-corrected chi connectivity index (χ1v) is 6.58. The van der Waals surface area contributed by atoms with Crippen molar-refractivity contribution in [3.05, 3.63) is 58.6 Å². The summed E-state index contributed by atoms with van der Waals surface area (Å²) in [5.74, 6) is -0.603. The minimum Gasteiger partial charge on any atom is -0.366 e. The van der Waals surface area contributed by atoms with E-state index in [0.717, 1.165) is 5.56 Å². The lowest BCUT2D eigenvalue weighted by Crippen LogP contribution is -2.22. The van der Waals surface area contributed by atoms with Crippen LogP contribution in [0.5, 0.6) is 0 Å². The van der Waals surface area contributed by atoms with Crippen LogP contribution in [0, 0.1) is 6.92 Å². The summed E-state index contributed by atoms with van der Waals surface area (Å²) >= 11 is 5.86. The fraction of sp³-hybridized carbons (Fsp3) is 0.0667. The first kappa shape index (κ1) is 14.9. The van der Waals surface area contributed by atoms with Crippen molar-refractivity contribution in [2.75, 3.05) is 10.6 Å². The van der Waals surface area contributed by atoms with Gasteiger partial charge >= 0.3 is 6.03 Å². The van der Waals surface area contributed by atoms with Crippen molar-refractivity contribution in [3.8, 4) is 0 Å². The number of aryl methyl sites for hydroxylation is 1. The van der Waals surface area contributed by atoms with Crippen LogP contribution in [0.15, 0.2) is 42.5 Å².